The van der Waals surface area contributed by atoms with Gasteiger partial charge in [-0.1, -0.05) is 30.0 Å². The van der Waals surface area contributed by atoms with E-state index in [1.165, 1.54) is 31.4 Å². The van der Waals surface area contributed by atoms with Crippen LogP contribution in [0.4, 0.5) is 0 Å². The SMILES string of the molecule is NC1=NC(Br)=CC2=C(C1)c1ccsc1Sc1ccccc12. The van der Waals surface area contributed by atoms with Gasteiger partial charge in [0, 0.05) is 16.9 Å². The van der Waals surface area contributed by atoms with Crippen molar-refractivity contribution in [1.82, 2.24) is 0 Å². The Hall–Kier alpha value is -1.30. The molecule has 0 bridgehead atoms. The van der Waals surface area contributed by atoms with Gasteiger partial charge in [0.15, 0.2) is 0 Å². The van der Waals surface area contributed by atoms with Crippen molar-refractivity contribution < 1.29 is 0 Å². The Morgan fingerprint density at radius 2 is 2.00 bits per heavy atom. The molecule has 0 saturated carbocycles. The molecule has 1 aromatic carbocycles. The van der Waals surface area contributed by atoms with E-state index in [9.17, 15) is 0 Å². The number of nitrogens with two attached hydrogens (primary N) is 1. The molecule has 2 aromatic rings. The number of hydrogen-bond donors (Lipinski definition) is 1. The van der Waals surface area contributed by atoms with E-state index >= 15 is 0 Å². The van der Waals surface area contributed by atoms with E-state index in [1.54, 1.807) is 11.3 Å². The highest BCUT2D eigenvalue weighted by Gasteiger charge is 2.24. The first-order valence-corrected chi connectivity index (χ1v) is 9.00. The molecule has 0 amide bonds. The zero-order valence-electron chi connectivity index (χ0n) is 11.0. The Labute approximate surface area is 139 Å². The van der Waals surface area contributed by atoms with E-state index in [-0.39, 0.29) is 0 Å². The number of allylic oxidation sites excluding steroid dienone is 2. The normalized spacial score (nSPS) is 17.0. The van der Waals surface area contributed by atoms with Gasteiger partial charge in [-0.3, -0.25) is 0 Å². The maximum atomic E-state index is 6.07. The third-order valence-electron chi connectivity index (χ3n) is 3.53. The molecular formula is C16H11BrN2S2. The summed E-state index contributed by atoms with van der Waals surface area (Å²) in [5.41, 5.74) is 11.1. The van der Waals surface area contributed by atoms with E-state index in [0.717, 1.165) is 4.61 Å². The summed E-state index contributed by atoms with van der Waals surface area (Å²) in [6.07, 6.45) is 2.76. The third kappa shape index (κ3) is 2.29. The molecule has 2 N–H and O–H groups in total. The molecule has 5 heteroatoms. The van der Waals surface area contributed by atoms with Gasteiger partial charge < -0.3 is 5.73 Å². The van der Waals surface area contributed by atoms with E-state index in [4.69, 9.17) is 5.73 Å². The lowest BCUT2D eigenvalue weighted by Crippen LogP contribution is -2.11. The van der Waals surface area contributed by atoms with Gasteiger partial charge in [-0.15, -0.1) is 11.3 Å². The van der Waals surface area contributed by atoms with E-state index in [0.29, 0.717) is 12.3 Å². The standard InChI is InChI=1S/C16H11BrN2S2/c17-14-7-11-9-3-1-2-4-13(9)21-16-10(5-6-20-16)12(11)8-15(18)19-14/h1-7H,8H2,(H2,18,19). The Kier molecular flexibility index (Phi) is 3.28. The summed E-state index contributed by atoms with van der Waals surface area (Å²) in [6, 6.07) is 10.7. The molecule has 2 nitrogen and oxygen atoms in total. The fourth-order valence-corrected chi connectivity index (χ4v) is 5.31. The number of halogens is 1. The Morgan fingerprint density at radius 3 is 2.90 bits per heavy atom. The minimum atomic E-state index is 0.643. The van der Waals surface area contributed by atoms with Gasteiger partial charge in [-0.2, -0.15) is 0 Å². The monoisotopic (exact) mass is 374 g/mol. The van der Waals surface area contributed by atoms with Gasteiger partial charge in [-0.25, -0.2) is 4.99 Å². The predicted molar refractivity (Wildman–Crippen MR) is 94.9 cm³/mol. The van der Waals surface area contributed by atoms with Crippen molar-refractivity contribution in [3.8, 4) is 0 Å². The average Bonchev–Trinajstić information content (AvgIpc) is 2.80. The highest BCUT2D eigenvalue weighted by Crippen LogP contribution is 2.48. The van der Waals surface area contributed by atoms with Crippen molar-refractivity contribution in [2.75, 3.05) is 0 Å². The molecule has 0 fully saturated rings. The second-order valence-electron chi connectivity index (χ2n) is 4.86. The minimum absolute atomic E-state index is 0.643. The predicted octanol–water partition coefficient (Wildman–Crippen LogP) is 5.12. The van der Waals surface area contributed by atoms with E-state index < -0.39 is 0 Å². The van der Waals surface area contributed by atoms with Crippen molar-refractivity contribution in [1.29, 1.82) is 0 Å². The highest BCUT2D eigenvalue weighted by molar-refractivity contribution is 9.11. The fraction of sp³-hybridized carbons (Fsp3) is 0.0625. The largest absolute Gasteiger partial charge is 0.387 e. The van der Waals surface area contributed by atoms with Crippen LogP contribution < -0.4 is 5.73 Å². The van der Waals surface area contributed by atoms with Crippen molar-refractivity contribution in [2.45, 2.75) is 15.5 Å². The van der Waals surface area contributed by atoms with Crippen molar-refractivity contribution in [2.24, 2.45) is 10.7 Å². The molecule has 0 saturated heterocycles. The van der Waals surface area contributed by atoms with Crippen LogP contribution in [0, 0.1) is 0 Å². The Bertz CT molecular complexity index is 830. The second kappa shape index (κ2) is 5.16. The van der Waals surface area contributed by atoms with Crippen LogP contribution in [0.2, 0.25) is 0 Å². The zero-order valence-corrected chi connectivity index (χ0v) is 14.2. The number of amidine groups is 1. The number of hydrogen-bond acceptors (Lipinski definition) is 4. The van der Waals surface area contributed by atoms with Crippen LogP contribution in [0.1, 0.15) is 17.5 Å². The summed E-state index contributed by atoms with van der Waals surface area (Å²) < 4.78 is 2.11. The average molecular weight is 375 g/mol. The molecule has 21 heavy (non-hydrogen) atoms. The molecule has 2 aliphatic rings. The number of rotatable bonds is 0. The molecule has 0 aliphatic carbocycles. The van der Waals surface area contributed by atoms with Crippen LogP contribution in [0.5, 0.6) is 0 Å². The number of benzene rings is 1. The van der Waals surface area contributed by atoms with Crippen LogP contribution >= 0.6 is 39.0 Å². The molecule has 1 aromatic heterocycles. The Balaban J connectivity index is 2.07. The van der Waals surface area contributed by atoms with E-state index in [2.05, 4.69) is 62.7 Å². The number of fused-ring (bicyclic) bond motifs is 4. The summed E-state index contributed by atoms with van der Waals surface area (Å²) in [6.45, 7) is 0. The highest BCUT2D eigenvalue weighted by atomic mass is 79.9. The molecule has 4 rings (SSSR count). The maximum absolute atomic E-state index is 6.07. The fourth-order valence-electron chi connectivity index (χ4n) is 2.65. The van der Waals surface area contributed by atoms with Crippen LogP contribution in [0.3, 0.4) is 0 Å². The number of aliphatic imine (C=N–C) groups is 1. The van der Waals surface area contributed by atoms with Gasteiger partial charge >= 0.3 is 0 Å². The quantitative estimate of drug-likeness (QED) is 0.649. The molecular weight excluding hydrogens is 364 g/mol. The lowest BCUT2D eigenvalue weighted by molar-refractivity contribution is 1.36. The summed E-state index contributed by atoms with van der Waals surface area (Å²) >= 11 is 7.12. The van der Waals surface area contributed by atoms with Crippen molar-refractivity contribution >= 4 is 56.0 Å². The minimum Gasteiger partial charge on any atom is -0.387 e. The van der Waals surface area contributed by atoms with Crippen LogP contribution in [-0.4, -0.2) is 5.84 Å². The summed E-state index contributed by atoms with van der Waals surface area (Å²) in [5.74, 6) is 0.643. The summed E-state index contributed by atoms with van der Waals surface area (Å²) in [5, 5.41) is 2.15. The van der Waals surface area contributed by atoms with Crippen molar-refractivity contribution in [3.05, 3.63) is 57.5 Å². The molecule has 0 spiro atoms. The second-order valence-corrected chi connectivity index (χ2v) is 7.90. The van der Waals surface area contributed by atoms with Gasteiger partial charge in [0.2, 0.25) is 0 Å². The molecule has 0 radical (unpaired) electrons. The van der Waals surface area contributed by atoms with Gasteiger partial charge in [0.25, 0.3) is 0 Å². The first-order chi connectivity index (χ1) is 10.2. The van der Waals surface area contributed by atoms with Crippen LogP contribution in [-0.2, 0) is 0 Å². The Morgan fingerprint density at radius 1 is 1.14 bits per heavy atom. The van der Waals surface area contributed by atoms with Gasteiger partial charge in [-0.05, 0) is 56.2 Å². The summed E-state index contributed by atoms with van der Waals surface area (Å²) in [7, 11) is 0. The van der Waals surface area contributed by atoms with Gasteiger partial charge in [0.05, 0.1) is 4.21 Å². The topological polar surface area (TPSA) is 38.4 Å². The summed E-state index contributed by atoms with van der Waals surface area (Å²) in [4.78, 5) is 5.67. The maximum Gasteiger partial charge on any atom is 0.108 e. The molecule has 0 atom stereocenters. The zero-order chi connectivity index (χ0) is 14.4. The van der Waals surface area contributed by atoms with Crippen molar-refractivity contribution in [3.63, 3.8) is 0 Å². The van der Waals surface area contributed by atoms with Crippen LogP contribution in [0.25, 0.3) is 11.1 Å². The number of nitrogens with zero attached hydrogens (tertiary/aromatic N) is 1. The lowest BCUT2D eigenvalue weighted by atomic mass is 9.94. The van der Waals surface area contributed by atoms with Crippen LogP contribution in [0.15, 0.2) is 60.5 Å². The lowest BCUT2D eigenvalue weighted by Gasteiger charge is -2.10. The molecule has 2 aliphatic heterocycles. The smallest absolute Gasteiger partial charge is 0.108 e. The first-order valence-electron chi connectivity index (χ1n) is 6.51. The molecule has 104 valence electrons. The number of thiophene rings is 1. The third-order valence-corrected chi connectivity index (χ3v) is 6.16. The van der Waals surface area contributed by atoms with Gasteiger partial charge in [0.1, 0.15) is 10.4 Å². The first kappa shape index (κ1) is 13.4. The van der Waals surface area contributed by atoms with E-state index in [1.807, 2.05) is 11.8 Å². The molecule has 0 unspecified atom stereocenters. The molecule has 3 heterocycles.